The Bertz CT molecular complexity index is 939. The van der Waals surface area contributed by atoms with Crippen molar-refractivity contribution in [2.75, 3.05) is 11.1 Å². The molecule has 3 heterocycles. The molecule has 0 radical (unpaired) electrons. The number of nitrogens with one attached hydrogen (secondary N) is 1. The van der Waals surface area contributed by atoms with Crippen molar-refractivity contribution in [3.63, 3.8) is 0 Å². The first-order valence-corrected chi connectivity index (χ1v) is 7.41. The van der Waals surface area contributed by atoms with Crippen LogP contribution in [0, 0.1) is 11.3 Å². The van der Waals surface area contributed by atoms with E-state index >= 15 is 0 Å². The smallest absolute Gasteiger partial charge is 0.205 e. The Labute approximate surface area is 138 Å². The number of hydrogen-bond donors (Lipinski definition) is 2. The van der Waals surface area contributed by atoms with E-state index in [2.05, 4.69) is 26.3 Å². The first kappa shape index (κ1) is 15.6. The van der Waals surface area contributed by atoms with Gasteiger partial charge in [0, 0.05) is 25.4 Å². The number of anilines is 2. The molecule has 3 rings (SSSR count). The second-order valence-corrected chi connectivity index (χ2v) is 5.59. The molecule has 0 aliphatic heterocycles. The minimum absolute atomic E-state index is 0.210. The Balaban J connectivity index is 2.10. The maximum Gasteiger partial charge on any atom is 0.205 e. The number of nitrogen functional groups attached to an aromatic ring is 1. The molecule has 0 aliphatic rings. The van der Waals surface area contributed by atoms with Crippen LogP contribution in [0.3, 0.4) is 0 Å². The van der Waals surface area contributed by atoms with Gasteiger partial charge in [0.1, 0.15) is 28.7 Å². The Morgan fingerprint density at radius 3 is 2.83 bits per heavy atom. The molecule has 0 spiro atoms. The van der Waals surface area contributed by atoms with E-state index in [1.165, 1.54) is 12.4 Å². The van der Waals surface area contributed by atoms with Gasteiger partial charge in [-0.05, 0) is 19.9 Å². The molecule has 0 fully saturated rings. The van der Waals surface area contributed by atoms with Crippen LogP contribution in [0.15, 0.2) is 24.5 Å². The maximum absolute atomic E-state index is 9.61. The summed E-state index contributed by atoms with van der Waals surface area (Å²) in [5.74, 6) is 1.82. The van der Waals surface area contributed by atoms with Crippen LogP contribution in [0.2, 0.25) is 0 Å². The molecule has 8 nitrogen and oxygen atoms in total. The third-order valence-electron chi connectivity index (χ3n) is 3.37. The van der Waals surface area contributed by atoms with Gasteiger partial charge in [0.25, 0.3) is 0 Å². The van der Waals surface area contributed by atoms with Gasteiger partial charge in [-0.15, -0.1) is 0 Å². The zero-order valence-electron chi connectivity index (χ0n) is 13.6. The summed E-state index contributed by atoms with van der Waals surface area (Å²) < 4.78 is 7.57. The molecule has 3 N–H and O–H groups in total. The number of nitrogens with two attached hydrogens (primary N) is 1. The minimum Gasteiger partial charge on any atom is -0.454 e. The number of nitrogens with zero attached hydrogens (tertiary/aromatic N) is 5. The standard InChI is InChI=1S/C16H17N7O/c1-9(2)21-16-22-15-14(23(16)3)11(7-17)12(8-20-15)24-10-4-5-19-13(18)6-10/h4-6,8-9H,1-3H3,(H2,18,19)(H,20,21,22). The minimum atomic E-state index is 0.210. The highest BCUT2D eigenvalue weighted by molar-refractivity contribution is 5.83. The first-order chi connectivity index (χ1) is 11.5. The molecule has 8 heteroatoms. The lowest BCUT2D eigenvalue weighted by Gasteiger charge is -2.10. The van der Waals surface area contributed by atoms with Crippen LogP contribution in [0.5, 0.6) is 11.5 Å². The van der Waals surface area contributed by atoms with E-state index in [1.54, 1.807) is 16.7 Å². The molecule has 0 aromatic carbocycles. The topological polar surface area (TPSA) is 115 Å². The molecule has 0 aliphatic carbocycles. The SMILES string of the molecule is CC(C)Nc1nc2ncc(Oc3ccnc(N)c3)c(C#N)c2n1C. The number of pyridine rings is 2. The molecule has 0 amide bonds. The van der Waals surface area contributed by atoms with Gasteiger partial charge in [-0.25, -0.2) is 9.97 Å². The third kappa shape index (κ3) is 2.79. The number of fused-ring (bicyclic) bond motifs is 1. The number of imidazole rings is 1. The number of aromatic nitrogens is 4. The van der Waals surface area contributed by atoms with Gasteiger partial charge in [0.2, 0.25) is 5.95 Å². The number of aryl methyl sites for hydroxylation is 1. The van der Waals surface area contributed by atoms with Crippen LogP contribution in [0.25, 0.3) is 11.2 Å². The first-order valence-electron chi connectivity index (χ1n) is 7.41. The molecule has 0 atom stereocenters. The average molecular weight is 323 g/mol. The van der Waals surface area contributed by atoms with Crippen LogP contribution in [0.4, 0.5) is 11.8 Å². The summed E-state index contributed by atoms with van der Waals surface area (Å²) in [5, 5.41) is 12.8. The van der Waals surface area contributed by atoms with Crippen molar-refractivity contribution in [2.24, 2.45) is 7.05 Å². The van der Waals surface area contributed by atoms with E-state index in [4.69, 9.17) is 10.5 Å². The molecule has 0 saturated carbocycles. The monoisotopic (exact) mass is 323 g/mol. The number of nitriles is 1. The van der Waals surface area contributed by atoms with Gasteiger partial charge in [0.15, 0.2) is 11.4 Å². The fraction of sp³-hybridized carbons (Fsp3) is 0.250. The Kier molecular flexibility index (Phi) is 3.92. The van der Waals surface area contributed by atoms with E-state index in [9.17, 15) is 5.26 Å². The molecule has 0 saturated heterocycles. The zero-order valence-corrected chi connectivity index (χ0v) is 13.6. The van der Waals surface area contributed by atoms with E-state index in [-0.39, 0.29) is 6.04 Å². The Morgan fingerprint density at radius 1 is 1.38 bits per heavy atom. The summed E-state index contributed by atoms with van der Waals surface area (Å²) in [5.41, 5.74) is 7.11. The van der Waals surface area contributed by atoms with Crippen LogP contribution < -0.4 is 15.8 Å². The summed E-state index contributed by atoms with van der Waals surface area (Å²) in [4.78, 5) is 12.6. The van der Waals surface area contributed by atoms with E-state index in [0.717, 1.165) is 0 Å². The maximum atomic E-state index is 9.61. The predicted octanol–water partition coefficient (Wildman–Crippen LogP) is 2.43. The van der Waals surface area contributed by atoms with Crippen molar-refractivity contribution < 1.29 is 4.74 Å². The molecule has 0 unspecified atom stereocenters. The van der Waals surface area contributed by atoms with E-state index in [1.807, 2.05) is 20.9 Å². The second kappa shape index (κ2) is 6.04. The van der Waals surface area contributed by atoms with Crippen molar-refractivity contribution in [3.8, 4) is 17.6 Å². The van der Waals surface area contributed by atoms with E-state index < -0.39 is 0 Å². The van der Waals surface area contributed by atoms with Crippen LogP contribution in [0.1, 0.15) is 19.4 Å². The average Bonchev–Trinajstić information content (AvgIpc) is 2.83. The van der Waals surface area contributed by atoms with Crippen molar-refractivity contribution in [3.05, 3.63) is 30.1 Å². The second-order valence-electron chi connectivity index (χ2n) is 5.59. The van der Waals surface area contributed by atoms with Gasteiger partial charge in [-0.1, -0.05) is 0 Å². The molecule has 24 heavy (non-hydrogen) atoms. The summed E-state index contributed by atoms with van der Waals surface area (Å²) >= 11 is 0. The van der Waals surface area contributed by atoms with Crippen molar-refractivity contribution in [1.82, 2.24) is 19.5 Å². The number of rotatable bonds is 4. The number of ether oxygens (including phenoxy) is 1. The van der Waals surface area contributed by atoms with Crippen molar-refractivity contribution in [1.29, 1.82) is 5.26 Å². The fourth-order valence-corrected chi connectivity index (χ4v) is 2.35. The summed E-state index contributed by atoms with van der Waals surface area (Å²) in [6, 6.07) is 5.64. The largest absolute Gasteiger partial charge is 0.454 e. The van der Waals surface area contributed by atoms with Gasteiger partial charge in [-0.3, -0.25) is 0 Å². The quantitative estimate of drug-likeness (QED) is 0.757. The highest BCUT2D eigenvalue weighted by Gasteiger charge is 2.18. The van der Waals surface area contributed by atoms with Gasteiger partial charge in [0.05, 0.1) is 6.20 Å². The summed E-state index contributed by atoms with van der Waals surface area (Å²) in [6.45, 7) is 4.03. The van der Waals surface area contributed by atoms with Gasteiger partial charge >= 0.3 is 0 Å². The molecule has 122 valence electrons. The van der Waals surface area contributed by atoms with Crippen LogP contribution in [-0.4, -0.2) is 25.6 Å². The number of hydrogen-bond acceptors (Lipinski definition) is 7. The highest BCUT2D eigenvalue weighted by Crippen LogP contribution is 2.31. The molecule has 3 aromatic rings. The van der Waals surface area contributed by atoms with Crippen LogP contribution >= 0.6 is 0 Å². The van der Waals surface area contributed by atoms with Gasteiger partial charge < -0.3 is 20.4 Å². The highest BCUT2D eigenvalue weighted by atomic mass is 16.5. The molecule has 0 bridgehead atoms. The van der Waals surface area contributed by atoms with Crippen molar-refractivity contribution >= 4 is 22.9 Å². The lowest BCUT2D eigenvalue weighted by atomic mass is 10.2. The summed E-state index contributed by atoms with van der Waals surface area (Å²) in [6.07, 6.45) is 3.03. The Hall–Kier alpha value is -3.34. The van der Waals surface area contributed by atoms with E-state index in [0.29, 0.717) is 40.0 Å². The fourth-order valence-electron chi connectivity index (χ4n) is 2.35. The normalized spacial score (nSPS) is 10.8. The lowest BCUT2D eigenvalue weighted by molar-refractivity contribution is 0.479. The van der Waals surface area contributed by atoms with Gasteiger partial charge in [-0.2, -0.15) is 10.2 Å². The third-order valence-corrected chi connectivity index (χ3v) is 3.37. The Morgan fingerprint density at radius 2 is 2.17 bits per heavy atom. The molecule has 3 aromatic heterocycles. The van der Waals surface area contributed by atoms with Crippen LogP contribution in [-0.2, 0) is 7.05 Å². The zero-order chi connectivity index (χ0) is 17.3. The summed E-state index contributed by atoms with van der Waals surface area (Å²) in [7, 11) is 1.83. The predicted molar refractivity (Wildman–Crippen MR) is 90.7 cm³/mol. The molecular weight excluding hydrogens is 306 g/mol. The lowest BCUT2D eigenvalue weighted by Crippen LogP contribution is -2.13. The molecular formula is C16H17N7O. The van der Waals surface area contributed by atoms with Crippen molar-refractivity contribution in [2.45, 2.75) is 19.9 Å².